The lowest BCUT2D eigenvalue weighted by molar-refractivity contribution is -0.0268. The summed E-state index contributed by atoms with van der Waals surface area (Å²) in [5.74, 6) is 0.644. The van der Waals surface area contributed by atoms with Gasteiger partial charge in [0.1, 0.15) is 0 Å². The number of hydrogen-bond acceptors (Lipinski definition) is 7. The molecule has 3 heterocycles. The predicted molar refractivity (Wildman–Crippen MR) is 129 cm³/mol. The molecule has 0 spiro atoms. The molecule has 1 amide bonds. The number of piperidine rings is 1. The van der Waals surface area contributed by atoms with Gasteiger partial charge in [0.05, 0.1) is 23.0 Å². The van der Waals surface area contributed by atoms with Crippen LogP contribution in [0.3, 0.4) is 0 Å². The maximum atomic E-state index is 13.0. The summed E-state index contributed by atoms with van der Waals surface area (Å²) in [4.78, 5) is 14.9. The summed E-state index contributed by atoms with van der Waals surface area (Å²) in [7, 11) is 0. The van der Waals surface area contributed by atoms with Crippen molar-refractivity contribution in [2.45, 2.75) is 44.2 Å². The Kier molecular flexibility index (Phi) is 6.05. The maximum Gasteiger partial charge on any atom is 0.253 e. The van der Waals surface area contributed by atoms with Crippen molar-refractivity contribution in [1.82, 2.24) is 25.1 Å². The molecule has 34 heavy (non-hydrogen) atoms. The van der Waals surface area contributed by atoms with E-state index >= 15 is 0 Å². The minimum atomic E-state index is -0.832. The van der Waals surface area contributed by atoms with Crippen molar-refractivity contribution in [2.24, 2.45) is 5.10 Å². The predicted octanol–water partition coefficient (Wildman–Crippen LogP) is 3.25. The Morgan fingerprint density at radius 1 is 1.09 bits per heavy atom. The van der Waals surface area contributed by atoms with Gasteiger partial charge in [0, 0.05) is 36.3 Å². The Morgan fingerprint density at radius 2 is 1.76 bits per heavy atom. The molecule has 9 nitrogen and oxygen atoms in total. The van der Waals surface area contributed by atoms with Crippen molar-refractivity contribution in [3.63, 3.8) is 0 Å². The molecule has 0 bridgehead atoms. The third-order valence-electron chi connectivity index (χ3n) is 6.60. The quantitative estimate of drug-likeness (QED) is 0.603. The van der Waals surface area contributed by atoms with Crippen LogP contribution in [0.5, 0.6) is 0 Å². The highest BCUT2D eigenvalue weighted by Crippen LogP contribution is 2.34. The van der Waals surface area contributed by atoms with Crippen molar-refractivity contribution in [3.05, 3.63) is 64.9 Å². The number of hydrogen-bond donors (Lipinski definition) is 1. The van der Waals surface area contributed by atoms with E-state index in [1.165, 1.54) is 0 Å². The zero-order chi connectivity index (χ0) is 23.7. The molecule has 3 aromatic rings. The Hall–Kier alpha value is -3.30. The number of likely N-dealkylation sites (tertiary alicyclic amines) is 1. The van der Waals surface area contributed by atoms with Crippen LogP contribution in [0.25, 0.3) is 5.69 Å². The van der Waals surface area contributed by atoms with E-state index in [0.717, 1.165) is 17.8 Å². The van der Waals surface area contributed by atoms with Crippen LogP contribution in [0.2, 0.25) is 5.02 Å². The van der Waals surface area contributed by atoms with Crippen LogP contribution in [0.15, 0.2) is 53.6 Å². The largest absolute Gasteiger partial charge is 0.390 e. The number of benzene rings is 2. The van der Waals surface area contributed by atoms with E-state index in [4.69, 9.17) is 11.6 Å². The molecule has 0 saturated carbocycles. The smallest absolute Gasteiger partial charge is 0.253 e. The molecule has 1 fully saturated rings. The number of carbonyl (C=O) groups is 1. The van der Waals surface area contributed by atoms with E-state index in [1.54, 1.807) is 16.8 Å². The van der Waals surface area contributed by atoms with Gasteiger partial charge in [-0.3, -0.25) is 9.80 Å². The zero-order valence-corrected chi connectivity index (χ0v) is 19.6. The highest BCUT2D eigenvalue weighted by Gasteiger charge is 2.38. The number of amides is 1. The highest BCUT2D eigenvalue weighted by molar-refractivity contribution is 6.30. The Morgan fingerprint density at radius 3 is 2.41 bits per heavy atom. The molecule has 2 aliphatic heterocycles. The monoisotopic (exact) mass is 479 g/mol. The van der Waals surface area contributed by atoms with Crippen molar-refractivity contribution < 1.29 is 9.90 Å². The number of aliphatic hydroxyl groups is 1. The van der Waals surface area contributed by atoms with Gasteiger partial charge in [0.15, 0.2) is 5.82 Å². The van der Waals surface area contributed by atoms with E-state index < -0.39 is 5.60 Å². The molecule has 1 unspecified atom stereocenters. The van der Waals surface area contributed by atoms with Crippen LogP contribution in [-0.4, -0.2) is 67.1 Å². The zero-order valence-electron chi connectivity index (χ0n) is 18.9. The third-order valence-corrected chi connectivity index (χ3v) is 6.85. The van der Waals surface area contributed by atoms with Crippen LogP contribution in [0.4, 0.5) is 5.69 Å². The molecule has 1 aromatic heterocycles. The van der Waals surface area contributed by atoms with Gasteiger partial charge in [-0.25, -0.2) is 0 Å². The van der Waals surface area contributed by atoms with Gasteiger partial charge in [-0.05, 0) is 85.1 Å². The van der Waals surface area contributed by atoms with Gasteiger partial charge in [0.25, 0.3) is 5.91 Å². The van der Waals surface area contributed by atoms with Crippen LogP contribution < -0.4 is 5.01 Å². The number of hydrazone groups is 1. The second kappa shape index (κ2) is 9.15. The topological polar surface area (TPSA) is 99.7 Å². The van der Waals surface area contributed by atoms with Gasteiger partial charge in [-0.1, -0.05) is 11.6 Å². The minimum absolute atomic E-state index is 0.0333. The van der Waals surface area contributed by atoms with Crippen LogP contribution in [0, 0.1) is 6.92 Å². The van der Waals surface area contributed by atoms with E-state index in [-0.39, 0.29) is 11.9 Å². The number of tetrazole rings is 1. The minimum Gasteiger partial charge on any atom is -0.390 e. The SMILES string of the molecule is Cc1nnnn1-c1ccc(C(=O)N2CCC(O)(CC3CC=NN3c3ccc(Cl)cc3)CC2)cc1. The second-order valence-corrected chi connectivity index (χ2v) is 9.35. The van der Waals surface area contributed by atoms with E-state index in [9.17, 15) is 9.90 Å². The number of nitrogens with zero attached hydrogens (tertiary/aromatic N) is 7. The van der Waals surface area contributed by atoms with E-state index in [2.05, 4.69) is 20.6 Å². The first kappa shape index (κ1) is 22.5. The van der Waals surface area contributed by atoms with Crippen molar-refractivity contribution in [3.8, 4) is 5.69 Å². The van der Waals surface area contributed by atoms with Gasteiger partial charge in [0.2, 0.25) is 0 Å². The van der Waals surface area contributed by atoms with Gasteiger partial charge in [-0.15, -0.1) is 5.10 Å². The van der Waals surface area contributed by atoms with E-state index in [0.29, 0.717) is 48.8 Å². The molecule has 2 aliphatic rings. The number of halogens is 1. The molecule has 2 aromatic carbocycles. The van der Waals surface area contributed by atoms with Crippen LogP contribution in [0.1, 0.15) is 41.9 Å². The fourth-order valence-corrected chi connectivity index (χ4v) is 4.78. The molecular formula is C24H26ClN7O2. The molecule has 5 rings (SSSR count). The number of rotatable bonds is 5. The van der Waals surface area contributed by atoms with Crippen molar-refractivity contribution >= 4 is 29.4 Å². The van der Waals surface area contributed by atoms with Gasteiger partial charge in [-0.2, -0.15) is 9.78 Å². The Bertz CT molecular complexity index is 1180. The first-order valence-electron chi connectivity index (χ1n) is 11.4. The number of aromatic nitrogens is 4. The molecule has 0 aliphatic carbocycles. The second-order valence-electron chi connectivity index (χ2n) is 8.91. The summed E-state index contributed by atoms with van der Waals surface area (Å²) in [6, 6.07) is 14.9. The summed E-state index contributed by atoms with van der Waals surface area (Å²) < 4.78 is 1.62. The molecular weight excluding hydrogens is 454 g/mol. The lowest BCUT2D eigenvalue weighted by atomic mass is 9.84. The molecule has 10 heteroatoms. The summed E-state index contributed by atoms with van der Waals surface area (Å²) in [6.07, 6.45) is 4.33. The van der Waals surface area contributed by atoms with Crippen molar-refractivity contribution in [1.29, 1.82) is 0 Å². The summed E-state index contributed by atoms with van der Waals surface area (Å²) in [5, 5.41) is 29.9. The first-order valence-corrected chi connectivity index (χ1v) is 11.7. The highest BCUT2D eigenvalue weighted by atomic mass is 35.5. The Balaban J connectivity index is 1.19. The normalized spacial score (nSPS) is 19.6. The summed E-state index contributed by atoms with van der Waals surface area (Å²) in [6.45, 7) is 2.84. The van der Waals surface area contributed by atoms with E-state index in [1.807, 2.05) is 59.4 Å². The van der Waals surface area contributed by atoms with Gasteiger partial charge < -0.3 is 10.0 Å². The van der Waals surface area contributed by atoms with Crippen LogP contribution in [-0.2, 0) is 0 Å². The molecule has 0 radical (unpaired) electrons. The summed E-state index contributed by atoms with van der Waals surface area (Å²) in [5.41, 5.74) is 1.54. The standard InChI is InChI=1S/C24H26ClN7O2/c1-17-27-28-29-31(17)20-6-2-18(3-7-20)23(33)30-14-11-24(34,12-15-30)16-22-10-13-26-32(22)21-8-4-19(25)5-9-21/h2-9,13,22,34H,10-12,14-16H2,1H3. The molecule has 1 saturated heterocycles. The van der Waals surface area contributed by atoms with Crippen LogP contribution >= 0.6 is 11.6 Å². The first-order chi connectivity index (χ1) is 16.4. The molecule has 176 valence electrons. The lowest BCUT2D eigenvalue weighted by Gasteiger charge is -2.40. The Labute approximate surface area is 202 Å². The average Bonchev–Trinajstić information content (AvgIpc) is 3.48. The average molecular weight is 480 g/mol. The molecule has 1 atom stereocenters. The summed E-state index contributed by atoms with van der Waals surface area (Å²) >= 11 is 6.02. The fraction of sp³-hybridized carbons (Fsp3) is 0.375. The molecule has 1 N–H and O–H groups in total. The van der Waals surface area contributed by atoms with Crippen molar-refractivity contribution in [2.75, 3.05) is 18.1 Å². The fourth-order valence-electron chi connectivity index (χ4n) is 4.66. The number of carbonyl (C=O) groups excluding carboxylic acids is 1. The maximum absolute atomic E-state index is 13.0. The lowest BCUT2D eigenvalue weighted by Crippen LogP contribution is -2.49. The van der Waals surface area contributed by atoms with Gasteiger partial charge >= 0.3 is 0 Å². The third kappa shape index (κ3) is 4.53. The number of aryl methyl sites for hydroxylation is 1. The number of anilines is 1.